The largest absolute Gasteiger partial charge is 0.293 e. The van der Waals surface area contributed by atoms with Crippen molar-refractivity contribution in [3.05, 3.63) is 34.9 Å². The Morgan fingerprint density at radius 2 is 2.07 bits per heavy atom. The van der Waals surface area contributed by atoms with E-state index in [4.69, 9.17) is 0 Å². The lowest BCUT2D eigenvalue weighted by Crippen LogP contribution is -2.06. The molecule has 0 saturated carbocycles. The molecule has 1 aromatic carbocycles. The first-order chi connectivity index (χ1) is 7.16. The second-order valence-electron chi connectivity index (χ2n) is 3.72. The van der Waals surface area contributed by atoms with Crippen LogP contribution in [0, 0.1) is 13.8 Å². The highest BCUT2D eigenvalue weighted by Gasteiger charge is 2.09. The van der Waals surface area contributed by atoms with E-state index in [9.17, 15) is 4.79 Å². The molecular weight excluding hydrogens is 204 g/mol. The minimum absolute atomic E-state index is 0.259. The van der Waals surface area contributed by atoms with Crippen molar-refractivity contribution >= 4 is 17.5 Å². The molecule has 0 aliphatic heterocycles. The van der Waals surface area contributed by atoms with Gasteiger partial charge in [0.25, 0.3) is 0 Å². The van der Waals surface area contributed by atoms with Crippen LogP contribution in [0.25, 0.3) is 0 Å². The smallest absolute Gasteiger partial charge is 0.172 e. The Labute approximate surface area is 96.3 Å². The summed E-state index contributed by atoms with van der Waals surface area (Å²) in [6, 6.07) is 5.93. The number of hydrogen-bond acceptors (Lipinski definition) is 2. The first-order valence-corrected chi connectivity index (χ1v) is 6.49. The lowest BCUT2D eigenvalue weighted by molar-refractivity contribution is 0.102. The van der Waals surface area contributed by atoms with E-state index in [-0.39, 0.29) is 5.78 Å². The molecule has 1 aromatic rings. The molecule has 0 heterocycles. The lowest BCUT2D eigenvalue weighted by Gasteiger charge is -2.06. The number of ketones is 1. The molecule has 0 aliphatic rings. The molecule has 0 aromatic heterocycles. The van der Waals surface area contributed by atoms with Crippen LogP contribution >= 0.6 is 11.8 Å². The Kier molecular flexibility index (Phi) is 4.89. The van der Waals surface area contributed by atoms with E-state index in [1.807, 2.05) is 32.0 Å². The molecule has 82 valence electrons. The average Bonchev–Trinajstić information content (AvgIpc) is 2.22. The Morgan fingerprint density at radius 3 is 2.73 bits per heavy atom. The van der Waals surface area contributed by atoms with Gasteiger partial charge in [-0.05, 0) is 37.1 Å². The number of aryl methyl sites for hydroxylation is 1. The number of thioether (sulfide) groups is 1. The van der Waals surface area contributed by atoms with Gasteiger partial charge in [-0.3, -0.25) is 4.79 Å². The minimum atomic E-state index is 0.259. The van der Waals surface area contributed by atoms with Gasteiger partial charge in [-0.2, -0.15) is 11.8 Å². The van der Waals surface area contributed by atoms with Crippen LogP contribution in [0.15, 0.2) is 18.2 Å². The fraction of sp³-hybridized carbons (Fsp3) is 0.462. The van der Waals surface area contributed by atoms with Gasteiger partial charge < -0.3 is 0 Å². The molecule has 0 spiro atoms. The van der Waals surface area contributed by atoms with Crippen molar-refractivity contribution in [2.24, 2.45) is 0 Å². The van der Waals surface area contributed by atoms with Gasteiger partial charge in [0.2, 0.25) is 0 Å². The molecule has 0 saturated heterocycles. The summed E-state index contributed by atoms with van der Waals surface area (Å²) < 4.78 is 0. The van der Waals surface area contributed by atoms with Crippen molar-refractivity contribution < 1.29 is 4.79 Å². The van der Waals surface area contributed by atoms with Crippen LogP contribution in [-0.4, -0.2) is 17.3 Å². The third-order valence-electron chi connectivity index (χ3n) is 2.49. The SMILES string of the molecule is CCCSCC(=O)c1cccc(C)c1C. The Hall–Kier alpha value is -0.760. The Balaban J connectivity index is 2.69. The van der Waals surface area contributed by atoms with Gasteiger partial charge in [-0.25, -0.2) is 0 Å². The van der Waals surface area contributed by atoms with Crippen molar-refractivity contribution in [2.45, 2.75) is 27.2 Å². The van der Waals surface area contributed by atoms with E-state index in [2.05, 4.69) is 6.92 Å². The van der Waals surface area contributed by atoms with Gasteiger partial charge in [-0.1, -0.05) is 25.1 Å². The molecule has 2 heteroatoms. The Morgan fingerprint density at radius 1 is 1.33 bits per heavy atom. The quantitative estimate of drug-likeness (QED) is 0.559. The van der Waals surface area contributed by atoms with Crippen LogP contribution in [0.4, 0.5) is 0 Å². The molecule has 1 rings (SSSR count). The summed E-state index contributed by atoms with van der Waals surface area (Å²) in [5, 5.41) is 0. The maximum absolute atomic E-state index is 11.9. The number of Topliss-reactive ketones (excluding diaryl/α,β-unsaturated/α-hetero) is 1. The number of benzene rings is 1. The lowest BCUT2D eigenvalue weighted by atomic mass is 10.0. The fourth-order valence-electron chi connectivity index (χ4n) is 1.44. The third kappa shape index (κ3) is 3.38. The van der Waals surface area contributed by atoms with E-state index in [0.717, 1.165) is 23.3 Å². The standard InChI is InChI=1S/C13H18OS/c1-4-8-15-9-13(14)12-7-5-6-10(2)11(12)3/h5-7H,4,8-9H2,1-3H3. The maximum Gasteiger partial charge on any atom is 0.172 e. The first-order valence-electron chi connectivity index (χ1n) is 5.34. The second kappa shape index (κ2) is 5.96. The molecule has 0 fully saturated rings. The predicted octanol–water partition coefficient (Wildman–Crippen LogP) is 3.63. The summed E-state index contributed by atoms with van der Waals surface area (Å²) in [5.74, 6) is 1.93. The maximum atomic E-state index is 11.9. The molecule has 0 radical (unpaired) electrons. The molecule has 0 amide bonds. The van der Waals surface area contributed by atoms with Crippen LogP contribution < -0.4 is 0 Å². The summed E-state index contributed by atoms with van der Waals surface area (Å²) in [4.78, 5) is 11.9. The van der Waals surface area contributed by atoms with Crippen LogP contribution in [0.5, 0.6) is 0 Å². The highest BCUT2D eigenvalue weighted by molar-refractivity contribution is 7.99. The van der Waals surface area contributed by atoms with E-state index in [1.165, 1.54) is 5.56 Å². The summed E-state index contributed by atoms with van der Waals surface area (Å²) in [7, 11) is 0. The Bertz CT molecular complexity index is 344. The highest BCUT2D eigenvalue weighted by Crippen LogP contribution is 2.15. The summed E-state index contributed by atoms with van der Waals surface area (Å²) in [5.41, 5.74) is 3.21. The van der Waals surface area contributed by atoms with Gasteiger partial charge in [0.1, 0.15) is 0 Å². The second-order valence-corrected chi connectivity index (χ2v) is 4.83. The van der Waals surface area contributed by atoms with Crippen LogP contribution in [-0.2, 0) is 0 Å². The molecule has 0 aliphatic carbocycles. The molecule has 0 atom stereocenters. The molecule has 0 bridgehead atoms. The van der Waals surface area contributed by atoms with Crippen molar-refractivity contribution in [3.63, 3.8) is 0 Å². The van der Waals surface area contributed by atoms with E-state index in [0.29, 0.717) is 5.75 Å². The molecule has 0 unspecified atom stereocenters. The zero-order chi connectivity index (χ0) is 11.3. The minimum Gasteiger partial charge on any atom is -0.293 e. The summed E-state index contributed by atoms with van der Waals surface area (Å²) in [6.07, 6.45) is 1.13. The number of rotatable bonds is 5. The molecular formula is C13H18OS. The number of carbonyl (C=O) groups excluding carboxylic acids is 1. The predicted molar refractivity (Wildman–Crippen MR) is 67.9 cm³/mol. The topological polar surface area (TPSA) is 17.1 Å². The van der Waals surface area contributed by atoms with Crippen molar-refractivity contribution in [3.8, 4) is 0 Å². The van der Waals surface area contributed by atoms with Crippen molar-refractivity contribution in [2.75, 3.05) is 11.5 Å². The number of carbonyl (C=O) groups is 1. The van der Waals surface area contributed by atoms with Gasteiger partial charge in [-0.15, -0.1) is 0 Å². The number of hydrogen-bond donors (Lipinski definition) is 0. The monoisotopic (exact) mass is 222 g/mol. The van der Waals surface area contributed by atoms with Gasteiger partial charge in [0, 0.05) is 5.56 Å². The molecule has 0 N–H and O–H groups in total. The van der Waals surface area contributed by atoms with Crippen LogP contribution in [0.1, 0.15) is 34.8 Å². The third-order valence-corrected chi connectivity index (χ3v) is 3.65. The molecule has 1 nitrogen and oxygen atoms in total. The highest BCUT2D eigenvalue weighted by atomic mass is 32.2. The van der Waals surface area contributed by atoms with Gasteiger partial charge in [0.05, 0.1) is 5.75 Å². The molecule has 15 heavy (non-hydrogen) atoms. The van der Waals surface area contributed by atoms with E-state index < -0.39 is 0 Å². The fourth-order valence-corrected chi connectivity index (χ4v) is 2.21. The normalized spacial score (nSPS) is 10.3. The van der Waals surface area contributed by atoms with Gasteiger partial charge >= 0.3 is 0 Å². The van der Waals surface area contributed by atoms with Crippen LogP contribution in [0.2, 0.25) is 0 Å². The van der Waals surface area contributed by atoms with E-state index >= 15 is 0 Å². The summed E-state index contributed by atoms with van der Waals surface area (Å²) in [6.45, 7) is 6.20. The zero-order valence-corrected chi connectivity index (χ0v) is 10.5. The zero-order valence-electron chi connectivity index (χ0n) is 9.67. The summed E-state index contributed by atoms with van der Waals surface area (Å²) >= 11 is 1.72. The average molecular weight is 222 g/mol. The van der Waals surface area contributed by atoms with Crippen molar-refractivity contribution in [1.82, 2.24) is 0 Å². The van der Waals surface area contributed by atoms with Crippen molar-refractivity contribution in [1.29, 1.82) is 0 Å². The van der Waals surface area contributed by atoms with E-state index in [1.54, 1.807) is 11.8 Å². The first kappa shape index (κ1) is 12.3. The van der Waals surface area contributed by atoms with Crippen LogP contribution in [0.3, 0.4) is 0 Å². The van der Waals surface area contributed by atoms with Gasteiger partial charge in [0.15, 0.2) is 5.78 Å².